The monoisotopic (exact) mass is 335 g/mol. The maximum Gasteiger partial charge on any atom is 0.236 e. The molecule has 6 nitrogen and oxygen atoms in total. The van der Waals surface area contributed by atoms with E-state index < -0.39 is 10.0 Å². The molecule has 2 rings (SSSR count). The molecule has 1 aliphatic heterocycles. The summed E-state index contributed by atoms with van der Waals surface area (Å²) < 4.78 is 26.3. The minimum atomic E-state index is -3.35. The number of hydrogen-bond acceptors (Lipinski definition) is 4. The van der Waals surface area contributed by atoms with Crippen LogP contribution in [0.3, 0.4) is 0 Å². The van der Waals surface area contributed by atoms with E-state index in [-0.39, 0.29) is 18.2 Å². The maximum atomic E-state index is 12.4. The van der Waals surface area contributed by atoms with Gasteiger partial charge in [-0.3, -0.25) is 10.1 Å². The summed E-state index contributed by atoms with van der Waals surface area (Å²) in [7, 11) is -3.35. The molecule has 1 aromatic carbocycles. The summed E-state index contributed by atoms with van der Waals surface area (Å²) in [4.78, 5) is 13.6. The van der Waals surface area contributed by atoms with Crippen molar-refractivity contribution in [1.82, 2.24) is 14.5 Å². The molecule has 1 heterocycles. The Labute approximate surface area is 137 Å². The van der Waals surface area contributed by atoms with Gasteiger partial charge in [0, 0.05) is 26.2 Å². The molecular formula is C16H21N3O3S. The number of rotatable bonds is 6. The third kappa shape index (κ3) is 5.06. The van der Waals surface area contributed by atoms with Gasteiger partial charge in [-0.05, 0) is 5.56 Å². The van der Waals surface area contributed by atoms with Gasteiger partial charge in [-0.1, -0.05) is 36.3 Å². The van der Waals surface area contributed by atoms with Crippen LogP contribution in [-0.2, 0) is 20.6 Å². The molecule has 1 aliphatic rings. The molecule has 0 spiro atoms. The van der Waals surface area contributed by atoms with Gasteiger partial charge in [0.2, 0.25) is 15.9 Å². The normalized spacial score (nSPS) is 16.0. The van der Waals surface area contributed by atoms with Crippen LogP contribution in [0.1, 0.15) is 5.56 Å². The summed E-state index contributed by atoms with van der Waals surface area (Å²) in [6.45, 7) is 2.00. The summed E-state index contributed by atoms with van der Waals surface area (Å²) >= 11 is 0. The lowest BCUT2D eigenvalue weighted by atomic mass is 10.2. The Hall–Kier alpha value is -1.88. The molecule has 0 atom stereocenters. The number of sulfonamides is 1. The third-order valence-corrected chi connectivity index (χ3v) is 5.53. The molecule has 7 heteroatoms. The molecule has 0 unspecified atom stereocenters. The predicted octanol–water partition coefficient (Wildman–Crippen LogP) is -0.117. The number of nitrogens with one attached hydrogen (secondary N) is 1. The molecule has 0 radical (unpaired) electrons. The van der Waals surface area contributed by atoms with E-state index in [4.69, 9.17) is 6.42 Å². The average Bonchev–Trinajstić information content (AvgIpc) is 2.55. The molecule has 1 fully saturated rings. The highest BCUT2D eigenvalue weighted by atomic mass is 32.2. The van der Waals surface area contributed by atoms with E-state index in [0.717, 1.165) is 5.56 Å². The van der Waals surface area contributed by atoms with Crippen molar-refractivity contribution in [2.75, 3.05) is 39.3 Å². The van der Waals surface area contributed by atoms with E-state index in [1.807, 2.05) is 18.2 Å². The summed E-state index contributed by atoms with van der Waals surface area (Å²) in [6, 6.07) is 9.10. The van der Waals surface area contributed by atoms with Gasteiger partial charge in [0.15, 0.2) is 0 Å². The topological polar surface area (TPSA) is 69.7 Å². The number of carbonyl (C=O) groups excluding carboxylic acids is 1. The van der Waals surface area contributed by atoms with E-state index >= 15 is 0 Å². The van der Waals surface area contributed by atoms with Gasteiger partial charge in [0.25, 0.3) is 0 Å². The zero-order valence-corrected chi connectivity index (χ0v) is 13.8. The smallest absolute Gasteiger partial charge is 0.236 e. The van der Waals surface area contributed by atoms with Crippen LogP contribution in [0.25, 0.3) is 0 Å². The summed E-state index contributed by atoms with van der Waals surface area (Å²) in [5, 5.41) is 2.85. The first kappa shape index (κ1) is 17.5. The lowest BCUT2D eigenvalue weighted by molar-refractivity contribution is -0.131. The number of benzene rings is 1. The molecule has 1 aromatic rings. The van der Waals surface area contributed by atoms with Gasteiger partial charge in [-0.2, -0.15) is 4.31 Å². The van der Waals surface area contributed by atoms with Crippen LogP contribution in [0.5, 0.6) is 0 Å². The number of terminal acetylenes is 1. The number of hydrogen-bond donors (Lipinski definition) is 1. The average molecular weight is 335 g/mol. The minimum absolute atomic E-state index is 0.00842. The predicted molar refractivity (Wildman–Crippen MR) is 88.9 cm³/mol. The Bertz CT molecular complexity index is 660. The minimum Gasteiger partial charge on any atom is -0.339 e. The van der Waals surface area contributed by atoms with Crippen LogP contribution in [0.15, 0.2) is 30.3 Å². The second kappa shape index (κ2) is 8.11. The Morgan fingerprint density at radius 2 is 1.83 bits per heavy atom. The van der Waals surface area contributed by atoms with E-state index in [0.29, 0.717) is 32.7 Å². The second-order valence-corrected chi connectivity index (χ2v) is 7.30. The van der Waals surface area contributed by atoms with Crippen molar-refractivity contribution < 1.29 is 13.2 Å². The largest absolute Gasteiger partial charge is 0.339 e. The molecule has 1 amide bonds. The zero-order chi connectivity index (χ0) is 16.7. The van der Waals surface area contributed by atoms with Crippen LogP contribution >= 0.6 is 0 Å². The molecule has 0 aromatic heterocycles. The molecular weight excluding hydrogens is 314 g/mol. The van der Waals surface area contributed by atoms with Crippen LogP contribution in [0.4, 0.5) is 0 Å². The fourth-order valence-electron chi connectivity index (χ4n) is 2.45. The first-order chi connectivity index (χ1) is 11.0. The van der Waals surface area contributed by atoms with Gasteiger partial charge in [-0.25, -0.2) is 8.42 Å². The first-order valence-electron chi connectivity index (χ1n) is 7.46. The van der Waals surface area contributed by atoms with Crippen LogP contribution < -0.4 is 5.32 Å². The molecule has 1 N–H and O–H groups in total. The van der Waals surface area contributed by atoms with Gasteiger partial charge in [0.1, 0.15) is 0 Å². The Balaban J connectivity index is 1.86. The van der Waals surface area contributed by atoms with Crippen molar-refractivity contribution in [3.8, 4) is 12.3 Å². The third-order valence-electron chi connectivity index (χ3n) is 3.68. The van der Waals surface area contributed by atoms with Gasteiger partial charge in [-0.15, -0.1) is 6.42 Å². The highest BCUT2D eigenvalue weighted by Crippen LogP contribution is 2.13. The van der Waals surface area contributed by atoms with Crippen LogP contribution in [0.2, 0.25) is 0 Å². The zero-order valence-electron chi connectivity index (χ0n) is 12.9. The van der Waals surface area contributed by atoms with Crippen molar-refractivity contribution in [2.24, 2.45) is 0 Å². The quantitative estimate of drug-likeness (QED) is 0.581. The van der Waals surface area contributed by atoms with Crippen molar-refractivity contribution in [3.05, 3.63) is 35.9 Å². The van der Waals surface area contributed by atoms with E-state index in [9.17, 15) is 13.2 Å². The maximum absolute atomic E-state index is 12.4. The number of piperazine rings is 1. The first-order valence-corrected chi connectivity index (χ1v) is 9.07. The van der Waals surface area contributed by atoms with E-state index in [2.05, 4.69) is 11.2 Å². The summed E-state index contributed by atoms with van der Waals surface area (Å²) in [5.74, 6) is 2.34. The standard InChI is InChI=1S/C16H21N3O3S/c1-2-8-17-13-16(20)18-9-11-19(12-10-18)23(21,22)14-15-6-4-3-5-7-15/h1,3-7,17H,8-14H2. The van der Waals surface area contributed by atoms with Crippen molar-refractivity contribution in [1.29, 1.82) is 0 Å². The Morgan fingerprint density at radius 3 is 2.43 bits per heavy atom. The van der Waals surface area contributed by atoms with E-state index in [1.54, 1.807) is 17.0 Å². The summed E-state index contributed by atoms with van der Waals surface area (Å²) in [5.41, 5.74) is 0.768. The van der Waals surface area contributed by atoms with Crippen LogP contribution in [0, 0.1) is 12.3 Å². The number of nitrogens with zero attached hydrogens (tertiary/aromatic N) is 2. The van der Waals surface area contributed by atoms with E-state index in [1.165, 1.54) is 4.31 Å². The fraction of sp³-hybridized carbons (Fsp3) is 0.438. The van der Waals surface area contributed by atoms with Gasteiger partial charge >= 0.3 is 0 Å². The Morgan fingerprint density at radius 1 is 1.17 bits per heavy atom. The number of amides is 1. The molecule has 23 heavy (non-hydrogen) atoms. The molecule has 1 saturated heterocycles. The van der Waals surface area contributed by atoms with Crippen molar-refractivity contribution in [3.63, 3.8) is 0 Å². The highest BCUT2D eigenvalue weighted by molar-refractivity contribution is 7.88. The highest BCUT2D eigenvalue weighted by Gasteiger charge is 2.28. The SMILES string of the molecule is C#CCNCC(=O)N1CCN(S(=O)(=O)Cc2ccccc2)CC1. The molecule has 0 aliphatic carbocycles. The molecule has 0 bridgehead atoms. The number of carbonyl (C=O) groups is 1. The van der Waals surface area contributed by atoms with Gasteiger partial charge in [0.05, 0.1) is 18.8 Å². The van der Waals surface area contributed by atoms with Gasteiger partial charge < -0.3 is 4.90 Å². The second-order valence-electron chi connectivity index (χ2n) is 5.33. The van der Waals surface area contributed by atoms with Crippen molar-refractivity contribution in [2.45, 2.75) is 5.75 Å². The molecule has 124 valence electrons. The van der Waals surface area contributed by atoms with Crippen molar-refractivity contribution >= 4 is 15.9 Å². The van der Waals surface area contributed by atoms with Crippen LogP contribution in [-0.4, -0.2) is 62.8 Å². The lowest BCUT2D eigenvalue weighted by Crippen LogP contribution is -2.52. The summed E-state index contributed by atoms with van der Waals surface area (Å²) in [6.07, 6.45) is 5.11. The lowest BCUT2D eigenvalue weighted by Gasteiger charge is -2.34. The molecule has 0 saturated carbocycles. The fourth-order valence-corrected chi connectivity index (χ4v) is 3.96. The Kier molecular flexibility index (Phi) is 6.16.